The molecule has 0 saturated carbocycles. The Morgan fingerprint density at radius 2 is 0.609 bits per heavy atom. The largest absolute Gasteiger partial charge is 0.462 e. The maximum absolute atomic E-state index is 12.7. The third kappa shape index (κ3) is 49.6. The summed E-state index contributed by atoms with van der Waals surface area (Å²) in [7, 11) is 0. The van der Waals surface area contributed by atoms with E-state index in [-0.39, 0.29) is 31.1 Å². The predicted molar refractivity (Wildman–Crippen MR) is 274 cm³/mol. The number of unbranched alkanes of at least 4 members (excludes halogenated alkanes) is 22. The van der Waals surface area contributed by atoms with Crippen molar-refractivity contribution in [1.29, 1.82) is 0 Å². The Morgan fingerprint density at radius 1 is 0.328 bits per heavy atom. The van der Waals surface area contributed by atoms with E-state index in [0.717, 1.165) is 122 Å². The third-order valence-corrected chi connectivity index (χ3v) is 11.1. The van der Waals surface area contributed by atoms with Crippen molar-refractivity contribution >= 4 is 17.9 Å². The summed E-state index contributed by atoms with van der Waals surface area (Å²) in [4.78, 5) is 37.8. The number of carbonyl (C=O) groups excluding carboxylic acids is 3. The minimum absolute atomic E-state index is 0.0841. The molecule has 0 N–H and O–H groups in total. The molecule has 0 radical (unpaired) electrons. The molecule has 366 valence electrons. The minimum atomic E-state index is -0.782. The molecule has 0 heterocycles. The van der Waals surface area contributed by atoms with Crippen molar-refractivity contribution in [3.8, 4) is 0 Å². The zero-order chi connectivity index (χ0) is 46.5. The molecule has 6 heteroatoms. The fourth-order valence-corrected chi connectivity index (χ4v) is 7.15. The molecule has 0 spiro atoms. The molecule has 0 aliphatic rings. The van der Waals surface area contributed by atoms with Crippen molar-refractivity contribution < 1.29 is 28.6 Å². The summed E-state index contributed by atoms with van der Waals surface area (Å²) in [6, 6.07) is 0. The van der Waals surface area contributed by atoms with Crippen molar-refractivity contribution in [1.82, 2.24) is 0 Å². The van der Waals surface area contributed by atoms with E-state index in [2.05, 4.69) is 106 Å². The Bertz CT molecular complexity index is 1250. The quantitative estimate of drug-likeness (QED) is 0.0262. The van der Waals surface area contributed by atoms with Crippen LogP contribution in [0.15, 0.2) is 85.1 Å². The molecule has 1 atom stereocenters. The van der Waals surface area contributed by atoms with Gasteiger partial charge in [-0.25, -0.2) is 0 Å². The highest BCUT2D eigenvalue weighted by molar-refractivity contribution is 5.71. The number of esters is 3. The molecule has 0 aromatic heterocycles. The average molecular weight is 891 g/mol. The Morgan fingerprint density at radius 3 is 0.984 bits per heavy atom. The summed E-state index contributed by atoms with van der Waals surface area (Å²) in [6.07, 6.45) is 67.4. The van der Waals surface area contributed by atoms with Crippen LogP contribution >= 0.6 is 0 Å². The monoisotopic (exact) mass is 891 g/mol. The Kier molecular flexibility index (Phi) is 49.4. The van der Waals surface area contributed by atoms with Crippen molar-refractivity contribution in [2.75, 3.05) is 13.2 Å². The van der Waals surface area contributed by atoms with E-state index in [9.17, 15) is 14.4 Å². The van der Waals surface area contributed by atoms with Gasteiger partial charge in [0.1, 0.15) is 13.2 Å². The van der Waals surface area contributed by atoms with E-state index in [4.69, 9.17) is 14.2 Å². The smallest absolute Gasteiger partial charge is 0.306 e. The summed E-state index contributed by atoms with van der Waals surface area (Å²) in [5.41, 5.74) is 0. The summed E-state index contributed by atoms with van der Waals surface area (Å²) in [6.45, 7) is 6.42. The lowest BCUT2D eigenvalue weighted by atomic mass is 10.1. The van der Waals surface area contributed by atoms with Gasteiger partial charge in [0.15, 0.2) is 6.10 Å². The molecule has 0 aliphatic carbocycles. The lowest BCUT2D eigenvalue weighted by Gasteiger charge is -2.18. The second-order valence-electron chi connectivity index (χ2n) is 17.4. The normalized spacial score (nSPS) is 12.7. The molecular formula is C58H98O6. The van der Waals surface area contributed by atoms with Crippen LogP contribution in [-0.2, 0) is 28.6 Å². The highest BCUT2D eigenvalue weighted by Gasteiger charge is 2.19. The van der Waals surface area contributed by atoms with Crippen LogP contribution in [0.4, 0.5) is 0 Å². The van der Waals surface area contributed by atoms with Crippen LogP contribution in [0.1, 0.15) is 245 Å². The van der Waals surface area contributed by atoms with Gasteiger partial charge in [0.2, 0.25) is 0 Å². The highest BCUT2D eigenvalue weighted by Crippen LogP contribution is 2.14. The molecule has 0 amide bonds. The van der Waals surface area contributed by atoms with Gasteiger partial charge in [0.05, 0.1) is 0 Å². The van der Waals surface area contributed by atoms with E-state index in [1.165, 1.54) is 83.5 Å². The highest BCUT2D eigenvalue weighted by atomic mass is 16.6. The van der Waals surface area contributed by atoms with Crippen molar-refractivity contribution in [2.45, 2.75) is 252 Å². The molecule has 0 aromatic rings. The molecule has 0 saturated heterocycles. The van der Waals surface area contributed by atoms with E-state index >= 15 is 0 Å². The number of carbonyl (C=O) groups is 3. The van der Waals surface area contributed by atoms with Crippen molar-refractivity contribution in [2.24, 2.45) is 0 Å². The van der Waals surface area contributed by atoms with Crippen LogP contribution in [0.3, 0.4) is 0 Å². The SMILES string of the molecule is CC/C=C\C/C=C\C/C=C\C/C=C\C/C=C\CCCCCCCCCCCC(=O)OCC(COC(=O)CCCCCCCC)OC(=O)CCCCCCC/C=C\C/C=C\CCCCC. The Hall–Kier alpha value is -3.41. The first kappa shape index (κ1) is 60.6. The van der Waals surface area contributed by atoms with Crippen LogP contribution in [0, 0.1) is 0 Å². The first-order valence-corrected chi connectivity index (χ1v) is 26.6. The molecule has 0 aliphatic heterocycles. The number of hydrogen-bond acceptors (Lipinski definition) is 6. The fraction of sp³-hybridized carbons (Fsp3) is 0.707. The summed E-state index contributed by atoms with van der Waals surface area (Å²) in [5.74, 6) is -0.914. The van der Waals surface area contributed by atoms with Gasteiger partial charge < -0.3 is 14.2 Å². The lowest BCUT2D eigenvalue weighted by Crippen LogP contribution is -2.30. The summed E-state index contributed by atoms with van der Waals surface area (Å²) >= 11 is 0. The maximum atomic E-state index is 12.7. The summed E-state index contributed by atoms with van der Waals surface area (Å²) < 4.78 is 16.7. The van der Waals surface area contributed by atoms with Gasteiger partial charge in [-0.15, -0.1) is 0 Å². The second-order valence-corrected chi connectivity index (χ2v) is 17.4. The number of rotatable bonds is 47. The molecule has 6 nitrogen and oxygen atoms in total. The van der Waals surface area contributed by atoms with E-state index in [1.807, 2.05) is 0 Å². The van der Waals surface area contributed by atoms with E-state index in [1.54, 1.807) is 0 Å². The average Bonchev–Trinajstić information content (AvgIpc) is 3.29. The van der Waals surface area contributed by atoms with Crippen molar-refractivity contribution in [3.05, 3.63) is 85.1 Å². The van der Waals surface area contributed by atoms with E-state index in [0.29, 0.717) is 19.3 Å². The van der Waals surface area contributed by atoms with E-state index < -0.39 is 6.10 Å². The Labute approximate surface area is 395 Å². The number of ether oxygens (including phenoxy) is 3. The summed E-state index contributed by atoms with van der Waals surface area (Å²) in [5, 5.41) is 0. The van der Waals surface area contributed by atoms with Gasteiger partial charge in [0, 0.05) is 19.3 Å². The van der Waals surface area contributed by atoms with Gasteiger partial charge in [0.25, 0.3) is 0 Å². The van der Waals surface area contributed by atoms with Crippen LogP contribution in [0.2, 0.25) is 0 Å². The van der Waals surface area contributed by atoms with Gasteiger partial charge >= 0.3 is 17.9 Å². The van der Waals surface area contributed by atoms with Crippen LogP contribution in [0.25, 0.3) is 0 Å². The van der Waals surface area contributed by atoms with Crippen molar-refractivity contribution in [3.63, 3.8) is 0 Å². The zero-order valence-corrected chi connectivity index (χ0v) is 41.8. The van der Waals surface area contributed by atoms with Crippen LogP contribution in [-0.4, -0.2) is 37.2 Å². The van der Waals surface area contributed by atoms with Crippen LogP contribution < -0.4 is 0 Å². The number of allylic oxidation sites excluding steroid dienone is 14. The maximum Gasteiger partial charge on any atom is 0.306 e. The van der Waals surface area contributed by atoms with Gasteiger partial charge in [-0.3, -0.25) is 14.4 Å². The number of hydrogen-bond donors (Lipinski definition) is 0. The minimum Gasteiger partial charge on any atom is -0.462 e. The topological polar surface area (TPSA) is 78.9 Å². The Balaban J connectivity index is 4.18. The van der Waals surface area contributed by atoms with Gasteiger partial charge in [-0.1, -0.05) is 215 Å². The predicted octanol–water partition coefficient (Wildman–Crippen LogP) is 17.6. The molecule has 0 rings (SSSR count). The second kappa shape index (κ2) is 52.2. The first-order valence-electron chi connectivity index (χ1n) is 26.6. The van der Waals surface area contributed by atoms with Gasteiger partial charge in [-0.05, 0) is 96.3 Å². The lowest BCUT2D eigenvalue weighted by molar-refractivity contribution is -0.167. The molecule has 0 aromatic carbocycles. The fourth-order valence-electron chi connectivity index (χ4n) is 7.15. The molecule has 0 bridgehead atoms. The molecule has 64 heavy (non-hydrogen) atoms. The third-order valence-electron chi connectivity index (χ3n) is 11.1. The van der Waals surface area contributed by atoms with Gasteiger partial charge in [-0.2, -0.15) is 0 Å². The zero-order valence-electron chi connectivity index (χ0n) is 41.8. The standard InChI is InChI=1S/C58H98O6/c1-4-7-10-13-16-18-20-22-24-25-26-27-28-29-30-31-32-33-35-36-38-40-42-45-48-51-57(60)63-54-55(53-62-56(59)50-47-44-15-12-9-6-3)64-58(61)52-49-46-43-41-39-37-34-23-21-19-17-14-11-8-5-2/h7,10,16-19,22-24,26-27,29-30,34,55H,4-6,8-9,11-15,20-21,25,28,31-33,35-54H2,1-3H3/b10-7-,18-16-,19-17-,24-22-,27-26-,30-29-,34-23-. The molecule has 1 unspecified atom stereocenters. The molecular weight excluding hydrogens is 793 g/mol. The molecule has 0 fully saturated rings. The van der Waals surface area contributed by atoms with Crippen LogP contribution in [0.5, 0.6) is 0 Å². The first-order chi connectivity index (χ1) is 31.5.